The highest BCUT2D eigenvalue weighted by atomic mass is 35.5. The largest absolute Gasteiger partial charge is 0.369 e. The highest BCUT2D eigenvalue weighted by molar-refractivity contribution is 6.30. The summed E-state index contributed by atoms with van der Waals surface area (Å²) < 4.78 is 5.96. The smallest absolute Gasteiger partial charge is 0.225 e. The molecule has 4 rings (SSSR count). The van der Waals surface area contributed by atoms with Crippen LogP contribution in [0.5, 0.6) is 0 Å². The van der Waals surface area contributed by atoms with Crippen LogP contribution in [0.25, 0.3) is 0 Å². The van der Waals surface area contributed by atoms with Crippen molar-refractivity contribution < 1.29 is 4.74 Å². The van der Waals surface area contributed by atoms with Crippen LogP contribution in [0.1, 0.15) is 12.8 Å². The van der Waals surface area contributed by atoms with E-state index in [9.17, 15) is 0 Å². The average molecular weight is 426 g/mol. The molecule has 2 aromatic rings. The van der Waals surface area contributed by atoms with Crippen LogP contribution in [0.4, 0.5) is 11.6 Å². The minimum Gasteiger partial charge on any atom is -0.369 e. The lowest BCUT2D eigenvalue weighted by Gasteiger charge is -2.35. The topological polar surface area (TPSA) is 44.7 Å². The Kier molecular flexibility index (Phi) is 7.41. The molecule has 7 heteroatoms. The van der Waals surface area contributed by atoms with E-state index >= 15 is 0 Å². The van der Waals surface area contributed by atoms with Crippen molar-refractivity contribution in [2.75, 3.05) is 62.2 Å². The van der Waals surface area contributed by atoms with Crippen LogP contribution in [0.2, 0.25) is 5.02 Å². The monoisotopic (exact) mass is 425 g/mol. The molecule has 0 unspecified atom stereocenters. The van der Waals surface area contributed by atoms with Gasteiger partial charge < -0.3 is 14.5 Å². The van der Waals surface area contributed by atoms with Crippen molar-refractivity contribution in [3.05, 3.63) is 47.7 Å². The van der Waals surface area contributed by atoms with Crippen LogP contribution in [-0.2, 0) is 4.74 Å². The van der Waals surface area contributed by atoms with Crippen molar-refractivity contribution in [3.63, 3.8) is 0 Å². The van der Waals surface area contributed by atoms with Crippen molar-refractivity contribution in [3.8, 4) is 11.8 Å². The van der Waals surface area contributed by atoms with Gasteiger partial charge >= 0.3 is 0 Å². The lowest BCUT2D eigenvalue weighted by Crippen LogP contribution is -2.46. The first-order valence-corrected chi connectivity index (χ1v) is 11.0. The first-order valence-electron chi connectivity index (χ1n) is 10.6. The Hall–Kier alpha value is -2.33. The Morgan fingerprint density at radius 1 is 0.900 bits per heavy atom. The van der Waals surface area contributed by atoms with Crippen LogP contribution in [0.15, 0.2) is 42.7 Å². The zero-order valence-electron chi connectivity index (χ0n) is 17.2. The molecule has 0 bridgehead atoms. The van der Waals surface area contributed by atoms with E-state index in [1.165, 1.54) is 5.69 Å². The summed E-state index contributed by atoms with van der Waals surface area (Å²) in [5, 5.41) is 0.564. The van der Waals surface area contributed by atoms with Crippen LogP contribution in [0, 0.1) is 11.8 Å². The van der Waals surface area contributed by atoms with Crippen LogP contribution in [-0.4, -0.2) is 73.4 Å². The Morgan fingerprint density at radius 2 is 1.60 bits per heavy atom. The third-order valence-corrected chi connectivity index (χ3v) is 5.84. The van der Waals surface area contributed by atoms with Gasteiger partial charge in [-0.1, -0.05) is 41.6 Å². The summed E-state index contributed by atoms with van der Waals surface area (Å²) in [7, 11) is 0. The number of hydrogen-bond donors (Lipinski definition) is 0. The van der Waals surface area contributed by atoms with Gasteiger partial charge in [0.2, 0.25) is 5.95 Å². The number of halogens is 1. The number of anilines is 2. The van der Waals surface area contributed by atoms with Gasteiger partial charge in [-0.15, -0.1) is 0 Å². The molecule has 158 valence electrons. The first kappa shape index (κ1) is 20.9. The zero-order chi connectivity index (χ0) is 20.6. The highest BCUT2D eigenvalue weighted by Gasteiger charge is 2.21. The molecule has 0 saturated carbocycles. The van der Waals surface area contributed by atoms with E-state index < -0.39 is 0 Å². The summed E-state index contributed by atoms with van der Waals surface area (Å²) in [5.74, 6) is 7.21. The van der Waals surface area contributed by atoms with Crippen LogP contribution in [0.3, 0.4) is 0 Å². The highest BCUT2D eigenvalue weighted by Crippen LogP contribution is 2.19. The zero-order valence-corrected chi connectivity index (χ0v) is 18.0. The maximum Gasteiger partial charge on any atom is 0.225 e. The maximum atomic E-state index is 5.96. The molecule has 2 saturated heterocycles. The van der Waals surface area contributed by atoms with Gasteiger partial charge in [0.1, 0.15) is 6.61 Å². The number of para-hydroxylation sites is 1. The van der Waals surface area contributed by atoms with E-state index in [1.807, 2.05) is 0 Å². The van der Waals surface area contributed by atoms with Crippen molar-refractivity contribution in [2.45, 2.75) is 18.9 Å². The number of piperazine rings is 1. The molecule has 1 aromatic carbocycles. The minimum absolute atomic E-state index is 0.261. The Labute approximate surface area is 183 Å². The molecule has 0 amide bonds. The van der Waals surface area contributed by atoms with E-state index in [0.717, 1.165) is 64.6 Å². The van der Waals surface area contributed by atoms with Gasteiger partial charge in [-0.3, -0.25) is 4.90 Å². The molecule has 0 spiro atoms. The van der Waals surface area contributed by atoms with E-state index in [0.29, 0.717) is 11.6 Å². The summed E-state index contributed by atoms with van der Waals surface area (Å²) in [6.45, 7) is 7.32. The summed E-state index contributed by atoms with van der Waals surface area (Å²) in [6.07, 6.45) is 5.48. The van der Waals surface area contributed by atoms with Gasteiger partial charge in [0.05, 0.1) is 30.1 Å². The minimum atomic E-state index is 0.261. The molecular formula is C23H28ClN5O. The van der Waals surface area contributed by atoms with E-state index in [2.05, 4.69) is 66.8 Å². The van der Waals surface area contributed by atoms with E-state index in [4.69, 9.17) is 16.3 Å². The van der Waals surface area contributed by atoms with Gasteiger partial charge in [-0.05, 0) is 25.0 Å². The molecule has 0 atom stereocenters. The second-order valence-electron chi connectivity index (χ2n) is 7.65. The second-order valence-corrected chi connectivity index (χ2v) is 8.09. The summed E-state index contributed by atoms with van der Waals surface area (Å²) >= 11 is 5.86. The molecule has 6 nitrogen and oxygen atoms in total. The molecule has 3 heterocycles. The van der Waals surface area contributed by atoms with Gasteiger partial charge in [0.15, 0.2) is 0 Å². The standard InChI is InChI=1S/C23H28ClN5O/c24-20-18-25-23(26-19-20)29-11-8-22(9-12-29)30-17-5-4-10-27-13-15-28(16-14-27)21-6-2-1-3-7-21/h1-3,6-7,18-19,22H,8-17H2. The van der Waals surface area contributed by atoms with E-state index in [-0.39, 0.29) is 6.10 Å². The molecule has 30 heavy (non-hydrogen) atoms. The van der Waals surface area contributed by atoms with Gasteiger partial charge in [0, 0.05) is 45.0 Å². The number of aromatic nitrogens is 2. The molecule has 0 aliphatic carbocycles. The second kappa shape index (κ2) is 10.6. The Bertz CT molecular complexity index is 835. The molecule has 2 aliphatic heterocycles. The molecule has 1 aromatic heterocycles. The van der Waals surface area contributed by atoms with Gasteiger partial charge in [-0.2, -0.15) is 0 Å². The van der Waals surface area contributed by atoms with Gasteiger partial charge in [0.25, 0.3) is 0 Å². The molecular weight excluding hydrogens is 398 g/mol. The molecule has 0 radical (unpaired) electrons. The molecule has 0 N–H and O–H groups in total. The summed E-state index contributed by atoms with van der Waals surface area (Å²) in [4.78, 5) is 15.6. The SMILES string of the molecule is Clc1cnc(N2CCC(OCC#CCN3CCN(c4ccccc4)CC3)CC2)nc1. The van der Waals surface area contributed by atoms with Crippen LogP contribution < -0.4 is 9.80 Å². The lowest BCUT2D eigenvalue weighted by molar-refractivity contribution is 0.0592. The molecule has 2 aliphatic rings. The first-order chi connectivity index (χ1) is 14.8. The maximum absolute atomic E-state index is 5.96. The van der Waals surface area contributed by atoms with Crippen LogP contribution >= 0.6 is 11.6 Å². The Balaban J connectivity index is 1.11. The molecule has 2 fully saturated rings. The van der Waals surface area contributed by atoms with Crippen molar-refractivity contribution >= 4 is 23.2 Å². The van der Waals surface area contributed by atoms with Gasteiger partial charge in [-0.25, -0.2) is 9.97 Å². The van der Waals surface area contributed by atoms with E-state index in [1.54, 1.807) is 12.4 Å². The normalized spacial score (nSPS) is 18.2. The number of rotatable bonds is 5. The number of piperidine rings is 1. The quantitative estimate of drug-likeness (QED) is 0.686. The van der Waals surface area contributed by atoms with Crippen molar-refractivity contribution in [2.24, 2.45) is 0 Å². The number of nitrogens with zero attached hydrogens (tertiary/aromatic N) is 5. The third kappa shape index (κ3) is 5.85. The fourth-order valence-corrected chi connectivity index (χ4v) is 3.97. The number of ether oxygens (including phenoxy) is 1. The number of benzene rings is 1. The fourth-order valence-electron chi connectivity index (χ4n) is 3.87. The van der Waals surface area contributed by atoms with Crippen molar-refractivity contribution in [1.29, 1.82) is 0 Å². The predicted octanol–water partition coefficient (Wildman–Crippen LogP) is 2.94. The predicted molar refractivity (Wildman–Crippen MR) is 121 cm³/mol. The number of hydrogen-bond acceptors (Lipinski definition) is 6. The summed E-state index contributed by atoms with van der Waals surface area (Å²) in [5.41, 5.74) is 1.31. The third-order valence-electron chi connectivity index (χ3n) is 5.64. The average Bonchev–Trinajstić information content (AvgIpc) is 2.81. The Morgan fingerprint density at radius 3 is 2.30 bits per heavy atom. The fraction of sp³-hybridized carbons (Fsp3) is 0.478. The lowest BCUT2D eigenvalue weighted by atomic mass is 10.1. The van der Waals surface area contributed by atoms with Crippen molar-refractivity contribution in [1.82, 2.24) is 14.9 Å². The summed E-state index contributed by atoms with van der Waals surface area (Å²) in [6, 6.07) is 10.6.